The first-order chi connectivity index (χ1) is 16.3. The summed E-state index contributed by atoms with van der Waals surface area (Å²) in [5.74, 6) is -1.70. The van der Waals surface area contributed by atoms with Crippen LogP contribution in [0.2, 0.25) is 0 Å². The summed E-state index contributed by atoms with van der Waals surface area (Å²) in [7, 11) is 0. The fourth-order valence-corrected chi connectivity index (χ4v) is 4.56. The van der Waals surface area contributed by atoms with Gasteiger partial charge < -0.3 is 19.5 Å². The third kappa shape index (κ3) is 4.78. The van der Waals surface area contributed by atoms with Gasteiger partial charge in [-0.05, 0) is 44.2 Å². The van der Waals surface area contributed by atoms with Gasteiger partial charge in [-0.2, -0.15) is 0 Å². The van der Waals surface area contributed by atoms with Crippen molar-refractivity contribution in [3.63, 3.8) is 0 Å². The number of allylic oxidation sites excluding steroid dienone is 2. The first kappa shape index (κ1) is 23.8. The van der Waals surface area contributed by atoms with Crippen molar-refractivity contribution in [2.24, 2.45) is 17.8 Å². The number of ether oxygens (including phenoxy) is 3. The van der Waals surface area contributed by atoms with Crippen LogP contribution in [0.25, 0.3) is 0 Å². The molecule has 1 N–H and O–H groups in total. The maximum Gasteiger partial charge on any atom is 0.330 e. The highest BCUT2D eigenvalue weighted by Crippen LogP contribution is 2.37. The number of nitrogens with one attached hydrogen (secondary N) is 1. The largest absolute Gasteiger partial charge is 0.486 e. The van der Waals surface area contributed by atoms with E-state index in [-0.39, 0.29) is 24.2 Å². The van der Waals surface area contributed by atoms with Crippen LogP contribution in [-0.2, 0) is 23.9 Å². The van der Waals surface area contributed by atoms with E-state index in [0.717, 1.165) is 4.90 Å². The summed E-state index contributed by atoms with van der Waals surface area (Å²) in [6.07, 6.45) is 3.91. The molecule has 0 spiro atoms. The molecular weight excluding hydrogens is 440 g/mol. The molecule has 9 heteroatoms. The number of amides is 3. The van der Waals surface area contributed by atoms with Crippen molar-refractivity contribution in [1.82, 2.24) is 4.90 Å². The molecule has 34 heavy (non-hydrogen) atoms. The van der Waals surface area contributed by atoms with Crippen LogP contribution < -0.4 is 14.8 Å². The Morgan fingerprint density at radius 1 is 1.03 bits per heavy atom. The highest BCUT2D eigenvalue weighted by atomic mass is 16.6. The maximum atomic E-state index is 13.1. The predicted octanol–water partition coefficient (Wildman–Crippen LogP) is 2.69. The molecule has 1 aromatic carbocycles. The van der Waals surface area contributed by atoms with Crippen molar-refractivity contribution < 1.29 is 33.4 Å². The fourth-order valence-electron chi connectivity index (χ4n) is 4.56. The second kappa shape index (κ2) is 9.87. The molecule has 1 aromatic rings. The zero-order chi connectivity index (χ0) is 24.4. The molecule has 0 radical (unpaired) electrons. The lowest BCUT2D eigenvalue weighted by molar-refractivity contribution is -0.164. The number of carbonyl (C=O) groups excluding carboxylic acids is 4. The monoisotopic (exact) mass is 470 g/mol. The molecule has 3 amide bonds. The van der Waals surface area contributed by atoms with Gasteiger partial charge in [-0.25, -0.2) is 4.79 Å². The summed E-state index contributed by atoms with van der Waals surface area (Å²) < 4.78 is 16.4. The van der Waals surface area contributed by atoms with Crippen molar-refractivity contribution >= 4 is 29.4 Å². The van der Waals surface area contributed by atoms with Crippen molar-refractivity contribution in [2.45, 2.75) is 52.2 Å². The molecule has 1 fully saturated rings. The Hall–Kier alpha value is -3.36. The third-order valence-electron chi connectivity index (χ3n) is 6.29. The minimum absolute atomic E-state index is 0.0285. The number of benzene rings is 1. The number of carbonyl (C=O) groups is 4. The molecule has 3 aliphatic rings. The average molecular weight is 471 g/mol. The van der Waals surface area contributed by atoms with Gasteiger partial charge in [0.05, 0.1) is 11.8 Å². The van der Waals surface area contributed by atoms with Crippen molar-refractivity contribution in [3.05, 3.63) is 30.4 Å². The van der Waals surface area contributed by atoms with Gasteiger partial charge in [0, 0.05) is 11.8 Å². The number of hydrogen-bond acceptors (Lipinski definition) is 7. The summed E-state index contributed by atoms with van der Waals surface area (Å²) in [5.41, 5.74) is 0.470. The van der Waals surface area contributed by atoms with Crippen LogP contribution in [0.4, 0.5) is 5.69 Å². The van der Waals surface area contributed by atoms with E-state index in [2.05, 4.69) is 5.32 Å². The van der Waals surface area contributed by atoms with Crippen LogP contribution in [0.3, 0.4) is 0 Å². The lowest BCUT2D eigenvalue weighted by Crippen LogP contribution is -2.48. The van der Waals surface area contributed by atoms with E-state index in [1.807, 2.05) is 26.0 Å². The van der Waals surface area contributed by atoms with E-state index in [1.165, 1.54) is 6.92 Å². The van der Waals surface area contributed by atoms with Gasteiger partial charge in [0.2, 0.25) is 11.8 Å². The first-order valence-electron chi connectivity index (χ1n) is 11.7. The van der Waals surface area contributed by atoms with Gasteiger partial charge in [0.25, 0.3) is 5.91 Å². The number of likely N-dealkylation sites (tertiary alicyclic amines) is 1. The fraction of sp³-hybridized carbons (Fsp3) is 0.520. The van der Waals surface area contributed by atoms with E-state index >= 15 is 0 Å². The van der Waals surface area contributed by atoms with Crippen LogP contribution in [0.1, 0.15) is 40.0 Å². The number of esters is 1. The normalized spacial score (nSPS) is 22.9. The number of imide groups is 1. The standard InChI is InChI=1S/C25H30N2O7/c1-14(2)12-19(27-23(29)17-6-4-5-7-18(17)24(27)30)25(31)34-15(3)22(28)26-16-8-9-20-21(13-16)33-11-10-32-20/h4-5,8-9,13-15,17-19H,6-7,10-12H2,1-3H3,(H,26,28)/t15-,17-,18+,19-/m1/s1. The quantitative estimate of drug-likeness (QED) is 0.370. The second-order valence-electron chi connectivity index (χ2n) is 9.27. The highest BCUT2D eigenvalue weighted by molar-refractivity contribution is 6.08. The molecule has 0 saturated carbocycles. The van der Waals surface area contributed by atoms with E-state index in [0.29, 0.717) is 43.2 Å². The molecule has 2 aliphatic heterocycles. The van der Waals surface area contributed by atoms with Gasteiger partial charge in [-0.3, -0.25) is 19.3 Å². The number of rotatable bonds is 7. The molecule has 1 aliphatic carbocycles. The summed E-state index contributed by atoms with van der Waals surface area (Å²) in [6, 6.07) is 3.94. The Balaban J connectivity index is 1.43. The van der Waals surface area contributed by atoms with E-state index in [4.69, 9.17) is 14.2 Å². The van der Waals surface area contributed by atoms with E-state index in [9.17, 15) is 19.2 Å². The second-order valence-corrected chi connectivity index (χ2v) is 9.27. The SMILES string of the molecule is CC(C)C[C@H](C(=O)O[C@H](C)C(=O)Nc1ccc2c(c1)OCCO2)N1C(=O)[C@H]2CC=CC[C@H]2C1=O. The Bertz CT molecular complexity index is 993. The van der Waals surface area contributed by atoms with Gasteiger partial charge in [0.15, 0.2) is 17.6 Å². The lowest BCUT2D eigenvalue weighted by atomic mass is 9.85. The van der Waals surface area contributed by atoms with Gasteiger partial charge in [-0.1, -0.05) is 26.0 Å². The first-order valence-corrected chi connectivity index (χ1v) is 11.7. The van der Waals surface area contributed by atoms with Crippen LogP contribution in [0, 0.1) is 17.8 Å². The number of anilines is 1. The van der Waals surface area contributed by atoms with Crippen LogP contribution in [0.5, 0.6) is 11.5 Å². The topological polar surface area (TPSA) is 111 Å². The Morgan fingerprint density at radius 2 is 1.65 bits per heavy atom. The molecule has 4 atom stereocenters. The molecule has 1 saturated heterocycles. The van der Waals surface area contributed by atoms with E-state index < -0.39 is 35.9 Å². The van der Waals surface area contributed by atoms with Crippen molar-refractivity contribution in [1.29, 1.82) is 0 Å². The zero-order valence-electron chi connectivity index (χ0n) is 19.6. The maximum absolute atomic E-state index is 13.1. The molecule has 0 aromatic heterocycles. The van der Waals surface area contributed by atoms with Crippen LogP contribution in [-0.4, -0.2) is 54.0 Å². The minimum atomic E-state index is -1.13. The Morgan fingerprint density at radius 3 is 2.26 bits per heavy atom. The molecular formula is C25H30N2O7. The van der Waals surface area contributed by atoms with Crippen LogP contribution >= 0.6 is 0 Å². The molecule has 0 bridgehead atoms. The average Bonchev–Trinajstić information content (AvgIpc) is 3.07. The summed E-state index contributed by atoms with van der Waals surface area (Å²) >= 11 is 0. The molecule has 4 rings (SSSR count). The van der Waals surface area contributed by atoms with Gasteiger partial charge in [-0.15, -0.1) is 0 Å². The molecule has 2 heterocycles. The van der Waals surface area contributed by atoms with Gasteiger partial charge in [0.1, 0.15) is 19.3 Å². The van der Waals surface area contributed by atoms with E-state index in [1.54, 1.807) is 18.2 Å². The number of fused-ring (bicyclic) bond motifs is 2. The number of nitrogens with zero attached hydrogens (tertiary/aromatic N) is 1. The molecule has 182 valence electrons. The highest BCUT2D eigenvalue weighted by Gasteiger charge is 2.51. The number of hydrogen-bond donors (Lipinski definition) is 1. The Labute approximate surface area is 198 Å². The third-order valence-corrected chi connectivity index (χ3v) is 6.29. The van der Waals surface area contributed by atoms with Crippen molar-refractivity contribution in [3.8, 4) is 11.5 Å². The summed E-state index contributed by atoms with van der Waals surface area (Å²) in [5, 5.41) is 2.70. The van der Waals surface area contributed by atoms with Gasteiger partial charge >= 0.3 is 5.97 Å². The smallest absolute Gasteiger partial charge is 0.330 e. The minimum Gasteiger partial charge on any atom is -0.486 e. The van der Waals surface area contributed by atoms with Crippen LogP contribution in [0.15, 0.2) is 30.4 Å². The van der Waals surface area contributed by atoms with Crippen molar-refractivity contribution in [2.75, 3.05) is 18.5 Å². The predicted molar refractivity (Wildman–Crippen MR) is 122 cm³/mol. The summed E-state index contributed by atoms with van der Waals surface area (Å²) in [4.78, 5) is 52.9. The zero-order valence-corrected chi connectivity index (χ0v) is 19.6. The lowest BCUT2D eigenvalue weighted by Gasteiger charge is -2.27. The Kier molecular flexibility index (Phi) is 6.90. The molecule has 0 unspecified atom stereocenters. The summed E-state index contributed by atoms with van der Waals surface area (Å²) in [6.45, 7) is 6.13. The molecule has 9 nitrogen and oxygen atoms in total.